The predicted molar refractivity (Wildman–Crippen MR) is 137 cm³/mol. The lowest BCUT2D eigenvalue weighted by Gasteiger charge is -2.32. The van der Waals surface area contributed by atoms with Crippen molar-refractivity contribution in [3.05, 3.63) is 89.5 Å². The van der Waals surface area contributed by atoms with Crippen LogP contribution < -0.4 is 19.7 Å². The van der Waals surface area contributed by atoms with Gasteiger partial charge in [0.2, 0.25) is 5.91 Å². The van der Waals surface area contributed by atoms with E-state index in [-0.39, 0.29) is 18.2 Å². The van der Waals surface area contributed by atoms with Crippen molar-refractivity contribution < 1.29 is 19.1 Å². The zero-order valence-electron chi connectivity index (χ0n) is 20.3. The summed E-state index contributed by atoms with van der Waals surface area (Å²) < 4.78 is 11.3. The van der Waals surface area contributed by atoms with Gasteiger partial charge in [-0.2, -0.15) is 0 Å². The normalized spacial score (nSPS) is 13.5. The van der Waals surface area contributed by atoms with Gasteiger partial charge in [-0.25, -0.2) is 0 Å². The summed E-state index contributed by atoms with van der Waals surface area (Å²) in [5, 5.41) is 3.00. The molecule has 3 aromatic rings. The van der Waals surface area contributed by atoms with Crippen molar-refractivity contribution in [2.75, 3.05) is 24.7 Å². The Morgan fingerprint density at radius 1 is 0.914 bits per heavy atom. The molecule has 0 spiro atoms. The second-order valence-electron chi connectivity index (χ2n) is 8.46. The van der Waals surface area contributed by atoms with Gasteiger partial charge in [0.25, 0.3) is 5.91 Å². The van der Waals surface area contributed by atoms with E-state index in [2.05, 4.69) is 11.4 Å². The molecule has 0 bridgehead atoms. The van der Waals surface area contributed by atoms with E-state index in [0.29, 0.717) is 31.3 Å². The molecule has 0 radical (unpaired) electrons. The van der Waals surface area contributed by atoms with Crippen molar-refractivity contribution in [1.29, 1.82) is 0 Å². The molecule has 0 aromatic heterocycles. The Bertz CT molecular complexity index is 1160. The third kappa shape index (κ3) is 5.83. The van der Waals surface area contributed by atoms with Gasteiger partial charge in [-0.3, -0.25) is 9.59 Å². The molecule has 35 heavy (non-hydrogen) atoms. The molecule has 0 saturated heterocycles. The molecular formula is C29H32N2O4. The van der Waals surface area contributed by atoms with Gasteiger partial charge in [0, 0.05) is 12.2 Å². The van der Waals surface area contributed by atoms with Crippen LogP contribution in [0.3, 0.4) is 0 Å². The van der Waals surface area contributed by atoms with E-state index in [1.54, 1.807) is 4.90 Å². The van der Waals surface area contributed by atoms with Gasteiger partial charge in [-0.05, 0) is 61.6 Å². The molecule has 182 valence electrons. The number of carbonyl (C=O) groups excluding carboxylic acids is 2. The molecule has 4 rings (SSSR count). The second-order valence-corrected chi connectivity index (χ2v) is 8.46. The average Bonchev–Trinajstić information content (AvgIpc) is 2.89. The van der Waals surface area contributed by atoms with Gasteiger partial charge in [0.05, 0.1) is 19.6 Å². The maximum absolute atomic E-state index is 13.8. The van der Waals surface area contributed by atoms with Crippen LogP contribution in [0.1, 0.15) is 43.0 Å². The highest BCUT2D eigenvalue weighted by atomic mass is 16.5. The van der Waals surface area contributed by atoms with Crippen LogP contribution >= 0.6 is 0 Å². The first-order valence-electron chi connectivity index (χ1n) is 12.2. The standard InChI is InChI=1S/C29H32N2O4/c1-3-34-25-17-16-21(19-26(25)35-4-2)20-27(32)30-28(23-12-6-5-7-13-23)29(33)31-18-10-14-22-11-8-9-15-24(22)31/h5-9,11-13,15-17,19,28H,3-4,10,14,18,20H2,1-2H3,(H,30,32)/t28-/m0/s1. The molecule has 2 amide bonds. The smallest absolute Gasteiger partial charge is 0.254 e. The molecule has 1 heterocycles. The van der Waals surface area contributed by atoms with Gasteiger partial charge in [-0.15, -0.1) is 0 Å². The van der Waals surface area contributed by atoms with Gasteiger partial charge in [0.15, 0.2) is 11.5 Å². The fraction of sp³-hybridized carbons (Fsp3) is 0.310. The van der Waals surface area contributed by atoms with Crippen molar-refractivity contribution in [1.82, 2.24) is 5.32 Å². The lowest BCUT2D eigenvalue weighted by molar-refractivity contribution is -0.127. The summed E-state index contributed by atoms with van der Waals surface area (Å²) >= 11 is 0. The molecule has 0 fully saturated rings. The van der Waals surface area contributed by atoms with E-state index in [1.165, 1.54) is 0 Å². The predicted octanol–water partition coefficient (Wildman–Crippen LogP) is 4.86. The van der Waals surface area contributed by atoms with Gasteiger partial charge < -0.3 is 19.7 Å². The lowest BCUT2D eigenvalue weighted by atomic mass is 9.99. The van der Waals surface area contributed by atoms with Crippen molar-refractivity contribution in [3.63, 3.8) is 0 Å². The van der Waals surface area contributed by atoms with E-state index in [9.17, 15) is 9.59 Å². The molecule has 0 unspecified atom stereocenters. The van der Waals surface area contributed by atoms with Crippen LogP contribution in [-0.2, 0) is 22.4 Å². The van der Waals surface area contributed by atoms with E-state index >= 15 is 0 Å². The fourth-order valence-corrected chi connectivity index (χ4v) is 4.45. The first-order chi connectivity index (χ1) is 17.1. The third-order valence-electron chi connectivity index (χ3n) is 6.03. The largest absolute Gasteiger partial charge is 0.490 e. The van der Waals surface area contributed by atoms with E-state index in [1.807, 2.05) is 80.6 Å². The second kappa shape index (κ2) is 11.6. The molecule has 1 aliphatic heterocycles. The van der Waals surface area contributed by atoms with E-state index in [4.69, 9.17) is 9.47 Å². The van der Waals surface area contributed by atoms with Crippen molar-refractivity contribution in [2.24, 2.45) is 0 Å². The number of nitrogens with one attached hydrogen (secondary N) is 1. The summed E-state index contributed by atoms with van der Waals surface area (Å²) in [4.78, 5) is 28.7. The molecule has 3 aromatic carbocycles. The van der Waals surface area contributed by atoms with Crippen molar-refractivity contribution >= 4 is 17.5 Å². The van der Waals surface area contributed by atoms with Gasteiger partial charge >= 0.3 is 0 Å². The Labute approximate surface area is 206 Å². The van der Waals surface area contributed by atoms with Crippen LogP contribution in [0.25, 0.3) is 0 Å². The SMILES string of the molecule is CCOc1ccc(CC(=O)N[C@H](C(=O)N2CCCc3ccccc32)c2ccccc2)cc1OCC. The molecule has 0 aliphatic carbocycles. The van der Waals surface area contributed by atoms with E-state index in [0.717, 1.165) is 35.2 Å². The van der Waals surface area contributed by atoms with Crippen LogP contribution in [-0.4, -0.2) is 31.6 Å². The number of amides is 2. The number of fused-ring (bicyclic) bond motifs is 1. The minimum atomic E-state index is -0.774. The van der Waals surface area contributed by atoms with E-state index < -0.39 is 6.04 Å². The van der Waals surface area contributed by atoms with Crippen LogP contribution in [0.2, 0.25) is 0 Å². The number of carbonyl (C=O) groups is 2. The number of ether oxygens (including phenoxy) is 2. The monoisotopic (exact) mass is 472 g/mol. The quantitative estimate of drug-likeness (QED) is 0.483. The van der Waals surface area contributed by atoms with Crippen LogP contribution in [0, 0.1) is 0 Å². The maximum Gasteiger partial charge on any atom is 0.254 e. The highest BCUT2D eigenvalue weighted by molar-refractivity contribution is 6.00. The Kier molecular flexibility index (Phi) is 8.03. The minimum absolute atomic E-state index is 0.125. The summed E-state index contributed by atoms with van der Waals surface area (Å²) in [5.74, 6) is 0.905. The third-order valence-corrected chi connectivity index (χ3v) is 6.03. The van der Waals surface area contributed by atoms with Crippen molar-refractivity contribution in [3.8, 4) is 11.5 Å². The molecular weight excluding hydrogens is 440 g/mol. The number of hydrogen-bond acceptors (Lipinski definition) is 4. The Morgan fingerprint density at radius 3 is 2.40 bits per heavy atom. The molecule has 0 saturated carbocycles. The number of nitrogens with zero attached hydrogens (tertiary/aromatic N) is 1. The highest BCUT2D eigenvalue weighted by Crippen LogP contribution is 2.31. The Balaban J connectivity index is 1.56. The Hall–Kier alpha value is -3.80. The zero-order chi connectivity index (χ0) is 24.6. The maximum atomic E-state index is 13.8. The number of para-hydroxylation sites is 1. The first-order valence-corrected chi connectivity index (χ1v) is 12.2. The molecule has 1 N–H and O–H groups in total. The summed E-state index contributed by atoms with van der Waals surface area (Å²) in [7, 11) is 0. The van der Waals surface area contributed by atoms with Gasteiger partial charge in [0.1, 0.15) is 6.04 Å². The zero-order valence-corrected chi connectivity index (χ0v) is 20.3. The summed E-state index contributed by atoms with van der Waals surface area (Å²) in [6.45, 7) is 5.48. The molecule has 6 heteroatoms. The number of anilines is 1. The number of rotatable bonds is 9. The first kappa shape index (κ1) is 24.3. The summed E-state index contributed by atoms with van der Waals surface area (Å²) in [6, 6.07) is 22.1. The Morgan fingerprint density at radius 2 is 1.63 bits per heavy atom. The number of aryl methyl sites for hydroxylation is 1. The summed E-state index contributed by atoms with van der Waals surface area (Å²) in [5.41, 5.74) is 3.63. The van der Waals surface area contributed by atoms with Crippen LogP contribution in [0.15, 0.2) is 72.8 Å². The highest BCUT2D eigenvalue weighted by Gasteiger charge is 2.31. The van der Waals surface area contributed by atoms with Crippen LogP contribution in [0.4, 0.5) is 5.69 Å². The van der Waals surface area contributed by atoms with Crippen LogP contribution in [0.5, 0.6) is 11.5 Å². The minimum Gasteiger partial charge on any atom is -0.490 e. The molecule has 1 aliphatic rings. The summed E-state index contributed by atoms with van der Waals surface area (Å²) in [6.07, 6.45) is 1.96. The molecule has 1 atom stereocenters. The average molecular weight is 473 g/mol. The molecule has 6 nitrogen and oxygen atoms in total. The fourth-order valence-electron chi connectivity index (χ4n) is 4.45. The lowest BCUT2D eigenvalue weighted by Crippen LogP contribution is -2.45. The number of hydrogen-bond donors (Lipinski definition) is 1. The van der Waals surface area contributed by atoms with Gasteiger partial charge in [-0.1, -0.05) is 54.6 Å². The van der Waals surface area contributed by atoms with Crippen molar-refractivity contribution in [2.45, 2.75) is 39.2 Å². The number of benzene rings is 3. The topological polar surface area (TPSA) is 67.9 Å².